The second-order valence-corrected chi connectivity index (χ2v) is 5.21. The Hall–Kier alpha value is -3.34. The highest BCUT2D eigenvalue weighted by molar-refractivity contribution is 5.95. The van der Waals surface area contributed by atoms with E-state index in [2.05, 4.69) is 26.2 Å². The van der Waals surface area contributed by atoms with Gasteiger partial charge in [0.2, 0.25) is 0 Å². The smallest absolute Gasteiger partial charge is 0.382 e. The zero-order chi connectivity index (χ0) is 18.0. The Morgan fingerprint density at radius 1 is 1.16 bits per heavy atom. The number of aromatic nitrogens is 3. The van der Waals surface area contributed by atoms with E-state index in [1.807, 2.05) is 0 Å². The van der Waals surface area contributed by atoms with Crippen molar-refractivity contribution in [1.29, 1.82) is 0 Å². The first-order chi connectivity index (χ1) is 11.9. The van der Waals surface area contributed by atoms with Crippen LogP contribution in [0.5, 0.6) is 0 Å². The molecule has 0 aliphatic heterocycles. The van der Waals surface area contributed by atoms with Crippen molar-refractivity contribution in [3.05, 3.63) is 42.2 Å². The molecule has 0 aliphatic rings. The maximum absolute atomic E-state index is 12.6. The second kappa shape index (κ2) is 6.28. The third kappa shape index (κ3) is 3.61. The average molecular weight is 343 g/mol. The van der Waals surface area contributed by atoms with E-state index in [4.69, 9.17) is 12.2 Å². The summed E-state index contributed by atoms with van der Waals surface area (Å²) in [6.45, 7) is -1.21. The molecule has 0 amide bonds. The molecule has 0 saturated carbocycles. The number of fused-ring (bicyclic) bond motifs is 1. The highest BCUT2D eigenvalue weighted by atomic mass is 19.4. The minimum Gasteiger partial charge on any atom is -0.382 e. The van der Waals surface area contributed by atoms with Gasteiger partial charge in [-0.3, -0.25) is 0 Å². The molecule has 3 aromatic rings. The van der Waals surface area contributed by atoms with E-state index in [1.54, 1.807) is 24.3 Å². The number of nitrogens with zero attached hydrogens (tertiary/aromatic N) is 3. The van der Waals surface area contributed by atoms with Gasteiger partial charge in [0, 0.05) is 11.1 Å². The van der Waals surface area contributed by atoms with E-state index in [0.717, 1.165) is 0 Å². The molecule has 3 N–H and O–H groups in total. The van der Waals surface area contributed by atoms with Gasteiger partial charge in [-0.2, -0.15) is 13.2 Å². The van der Waals surface area contributed by atoms with E-state index in [9.17, 15) is 13.2 Å². The van der Waals surface area contributed by atoms with E-state index < -0.39 is 12.7 Å². The number of rotatable bonds is 3. The molecular formula is C17H12F3N5. The summed E-state index contributed by atoms with van der Waals surface area (Å²) in [7, 11) is 0. The van der Waals surface area contributed by atoms with Crippen LogP contribution in [0.4, 0.5) is 24.7 Å². The van der Waals surface area contributed by atoms with Gasteiger partial charge in [0.05, 0.1) is 11.4 Å². The number of halogens is 3. The van der Waals surface area contributed by atoms with Crippen molar-refractivity contribution in [3.8, 4) is 23.6 Å². The lowest BCUT2D eigenvalue weighted by molar-refractivity contribution is -0.115. The molecule has 0 unspecified atom stereocenters. The predicted molar refractivity (Wildman–Crippen MR) is 89.7 cm³/mol. The Balaban J connectivity index is 2.16. The topological polar surface area (TPSA) is 76.7 Å². The van der Waals surface area contributed by atoms with Gasteiger partial charge in [0.25, 0.3) is 0 Å². The number of anilines is 2. The Morgan fingerprint density at radius 2 is 1.96 bits per heavy atom. The Morgan fingerprint density at radius 3 is 2.68 bits per heavy atom. The van der Waals surface area contributed by atoms with E-state index >= 15 is 0 Å². The summed E-state index contributed by atoms with van der Waals surface area (Å²) in [5, 5.41) is 2.34. The van der Waals surface area contributed by atoms with Crippen LogP contribution >= 0.6 is 0 Å². The fourth-order valence-corrected chi connectivity index (χ4v) is 2.30. The quantitative estimate of drug-likeness (QED) is 0.714. The third-order valence-corrected chi connectivity index (χ3v) is 3.42. The van der Waals surface area contributed by atoms with Crippen LogP contribution in [0.1, 0.15) is 5.56 Å². The number of nitrogens with one attached hydrogen (secondary N) is 1. The SMILES string of the molecule is C#Cc1cccc(-c2cc(NCC(F)(F)F)c3ncnc(N)c3n2)c1. The first-order valence-corrected chi connectivity index (χ1v) is 7.16. The molecule has 25 heavy (non-hydrogen) atoms. The zero-order valence-corrected chi connectivity index (χ0v) is 12.8. The first-order valence-electron chi connectivity index (χ1n) is 7.16. The van der Waals surface area contributed by atoms with E-state index in [0.29, 0.717) is 16.8 Å². The number of hydrogen-bond donors (Lipinski definition) is 2. The molecule has 2 aromatic heterocycles. The van der Waals surface area contributed by atoms with E-state index in [-0.39, 0.29) is 22.5 Å². The molecule has 126 valence electrons. The molecule has 0 saturated heterocycles. The van der Waals surface area contributed by atoms with E-state index in [1.165, 1.54) is 12.4 Å². The van der Waals surface area contributed by atoms with Crippen molar-refractivity contribution < 1.29 is 13.2 Å². The summed E-state index contributed by atoms with van der Waals surface area (Å²) in [6, 6.07) is 8.43. The minimum atomic E-state index is -4.38. The molecule has 0 bridgehead atoms. The van der Waals surface area contributed by atoms with Gasteiger partial charge in [0.1, 0.15) is 23.9 Å². The number of benzene rings is 1. The number of alkyl halides is 3. The van der Waals surface area contributed by atoms with Crippen LogP contribution in [0, 0.1) is 12.3 Å². The highest BCUT2D eigenvalue weighted by Gasteiger charge is 2.27. The average Bonchev–Trinajstić information content (AvgIpc) is 2.59. The standard InChI is InChI=1S/C17H12F3N5/c1-2-10-4-3-5-11(6-10)12-7-13(22-8-17(18,19)20)14-15(25-12)16(21)24-9-23-14/h1,3-7,9H,8H2,(H,22,25)(H2,21,23,24). The predicted octanol–water partition coefficient (Wildman–Crippen LogP) is 3.23. The van der Waals surface area contributed by atoms with Crippen LogP contribution in [0.25, 0.3) is 22.3 Å². The number of nitrogens with two attached hydrogens (primary N) is 1. The van der Waals surface area contributed by atoms with Crippen molar-refractivity contribution >= 4 is 22.5 Å². The Kier molecular flexibility index (Phi) is 4.15. The summed E-state index contributed by atoms with van der Waals surface area (Å²) >= 11 is 0. The van der Waals surface area contributed by atoms with Crippen LogP contribution in [0.15, 0.2) is 36.7 Å². The maximum Gasteiger partial charge on any atom is 0.405 e. The summed E-state index contributed by atoms with van der Waals surface area (Å²) in [6.07, 6.45) is 2.19. The molecule has 1 aromatic carbocycles. The molecular weight excluding hydrogens is 331 g/mol. The molecule has 0 aliphatic carbocycles. The highest BCUT2D eigenvalue weighted by Crippen LogP contribution is 2.30. The molecule has 0 spiro atoms. The lowest BCUT2D eigenvalue weighted by Gasteiger charge is -2.13. The van der Waals surface area contributed by atoms with Crippen LogP contribution in [-0.4, -0.2) is 27.7 Å². The summed E-state index contributed by atoms with van der Waals surface area (Å²) in [5.74, 6) is 2.58. The van der Waals surface area contributed by atoms with Crippen LogP contribution in [-0.2, 0) is 0 Å². The van der Waals surface area contributed by atoms with Crippen molar-refractivity contribution in [2.24, 2.45) is 0 Å². The molecule has 8 heteroatoms. The van der Waals surface area contributed by atoms with Gasteiger partial charge in [-0.05, 0) is 18.2 Å². The third-order valence-electron chi connectivity index (χ3n) is 3.42. The van der Waals surface area contributed by atoms with Gasteiger partial charge in [-0.15, -0.1) is 6.42 Å². The summed E-state index contributed by atoms with van der Waals surface area (Å²) in [4.78, 5) is 12.2. The normalized spacial score (nSPS) is 11.3. The number of hydrogen-bond acceptors (Lipinski definition) is 5. The molecule has 0 fully saturated rings. The van der Waals surface area contributed by atoms with Crippen molar-refractivity contribution in [3.63, 3.8) is 0 Å². The van der Waals surface area contributed by atoms with Gasteiger partial charge < -0.3 is 11.1 Å². The Labute approximate surface area is 141 Å². The number of pyridine rings is 1. The number of nitrogen functional groups attached to an aromatic ring is 1. The van der Waals surface area contributed by atoms with Gasteiger partial charge in [-0.1, -0.05) is 18.1 Å². The fraction of sp³-hybridized carbons (Fsp3) is 0.118. The van der Waals surface area contributed by atoms with Crippen molar-refractivity contribution in [2.75, 3.05) is 17.6 Å². The molecule has 5 nitrogen and oxygen atoms in total. The zero-order valence-electron chi connectivity index (χ0n) is 12.8. The monoisotopic (exact) mass is 343 g/mol. The van der Waals surface area contributed by atoms with Gasteiger partial charge in [-0.25, -0.2) is 15.0 Å². The molecule has 3 rings (SSSR count). The summed E-state index contributed by atoms with van der Waals surface area (Å²) < 4.78 is 37.8. The second-order valence-electron chi connectivity index (χ2n) is 5.21. The first kappa shape index (κ1) is 16.5. The fourth-order valence-electron chi connectivity index (χ4n) is 2.30. The molecule has 2 heterocycles. The van der Waals surface area contributed by atoms with Gasteiger partial charge >= 0.3 is 6.18 Å². The number of terminal acetylenes is 1. The van der Waals surface area contributed by atoms with Crippen molar-refractivity contribution in [1.82, 2.24) is 15.0 Å². The largest absolute Gasteiger partial charge is 0.405 e. The minimum absolute atomic E-state index is 0.0787. The van der Waals surface area contributed by atoms with Crippen molar-refractivity contribution in [2.45, 2.75) is 6.18 Å². The molecule has 0 atom stereocenters. The summed E-state index contributed by atoms with van der Waals surface area (Å²) in [5.41, 5.74) is 8.10. The lowest BCUT2D eigenvalue weighted by Crippen LogP contribution is -2.21. The Bertz CT molecular complexity index is 976. The van der Waals surface area contributed by atoms with Crippen LogP contribution < -0.4 is 11.1 Å². The van der Waals surface area contributed by atoms with Crippen LogP contribution in [0.3, 0.4) is 0 Å². The maximum atomic E-state index is 12.6. The van der Waals surface area contributed by atoms with Crippen LogP contribution in [0.2, 0.25) is 0 Å². The van der Waals surface area contributed by atoms with Gasteiger partial charge in [0.15, 0.2) is 5.82 Å². The molecule has 0 radical (unpaired) electrons. The lowest BCUT2D eigenvalue weighted by atomic mass is 10.1.